The molecule has 4 rings (SSSR count). The lowest BCUT2D eigenvalue weighted by atomic mass is 10.0. The van der Waals surface area contributed by atoms with Crippen LogP contribution in [0.2, 0.25) is 0 Å². The van der Waals surface area contributed by atoms with E-state index in [9.17, 15) is 9.59 Å². The SMILES string of the molecule is CC(=O)N1CCc2cc(C(=O)N3CCCC3C3CCCN3C)ccc21. The number of amides is 2. The molecule has 5 heteroatoms. The molecular weight excluding hydrogens is 314 g/mol. The van der Waals surface area contributed by atoms with E-state index in [1.54, 1.807) is 11.8 Å². The molecule has 3 heterocycles. The van der Waals surface area contributed by atoms with Crippen molar-refractivity contribution in [2.24, 2.45) is 0 Å². The summed E-state index contributed by atoms with van der Waals surface area (Å²) in [5.74, 6) is 0.230. The summed E-state index contributed by atoms with van der Waals surface area (Å²) in [7, 11) is 2.18. The van der Waals surface area contributed by atoms with Crippen LogP contribution in [0.25, 0.3) is 0 Å². The maximum Gasteiger partial charge on any atom is 0.254 e. The first-order valence-corrected chi connectivity index (χ1v) is 9.48. The molecule has 2 fully saturated rings. The number of hydrogen-bond acceptors (Lipinski definition) is 3. The van der Waals surface area contributed by atoms with E-state index < -0.39 is 0 Å². The van der Waals surface area contributed by atoms with Crippen LogP contribution in [-0.4, -0.2) is 60.4 Å². The molecule has 2 atom stereocenters. The van der Waals surface area contributed by atoms with Crippen LogP contribution in [0.3, 0.4) is 0 Å². The summed E-state index contributed by atoms with van der Waals surface area (Å²) in [6, 6.07) is 6.71. The van der Waals surface area contributed by atoms with Crippen LogP contribution >= 0.6 is 0 Å². The molecule has 0 spiro atoms. The van der Waals surface area contributed by atoms with Gasteiger partial charge in [-0.25, -0.2) is 0 Å². The first kappa shape index (κ1) is 16.6. The van der Waals surface area contributed by atoms with Crippen LogP contribution in [0.5, 0.6) is 0 Å². The molecule has 0 radical (unpaired) electrons. The van der Waals surface area contributed by atoms with Gasteiger partial charge in [0.05, 0.1) is 0 Å². The Hall–Kier alpha value is -1.88. The highest BCUT2D eigenvalue weighted by atomic mass is 16.2. The van der Waals surface area contributed by atoms with Gasteiger partial charge in [-0.3, -0.25) is 9.59 Å². The van der Waals surface area contributed by atoms with Crippen molar-refractivity contribution in [3.05, 3.63) is 29.3 Å². The standard InChI is InChI=1S/C20H27N3O2/c1-14(24)22-12-9-15-13-16(7-8-17(15)22)20(25)23-11-4-6-19(23)18-5-3-10-21(18)2/h7-8,13,18-19H,3-6,9-12H2,1-2H3. The molecule has 0 N–H and O–H groups in total. The van der Waals surface area contributed by atoms with Gasteiger partial charge in [-0.15, -0.1) is 0 Å². The fraction of sp³-hybridized carbons (Fsp3) is 0.600. The quantitative estimate of drug-likeness (QED) is 0.829. The van der Waals surface area contributed by atoms with Gasteiger partial charge in [-0.2, -0.15) is 0 Å². The molecule has 3 aliphatic heterocycles. The number of carbonyl (C=O) groups is 2. The lowest BCUT2D eigenvalue weighted by Crippen LogP contribution is -2.47. The Bertz CT molecular complexity index is 702. The molecule has 25 heavy (non-hydrogen) atoms. The molecule has 0 aromatic heterocycles. The van der Waals surface area contributed by atoms with E-state index in [2.05, 4.69) is 16.8 Å². The number of carbonyl (C=O) groups excluding carboxylic acids is 2. The second kappa shape index (κ2) is 6.45. The van der Waals surface area contributed by atoms with E-state index in [1.807, 2.05) is 18.2 Å². The van der Waals surface area contributed by atoms with E-state index >= 15 is 0 Å². The van der Waals surface area contributed by atoms with E-state index in [-0.39, 0.29) is 11.8 Å². The van der Waals surface area contributed by atoms with E-state index in [1.165, 1.54) is 12.8 Å². The summed E-state index contributed by atoms with van der Waals surface area (Å²) in [6.07, 6.45) is 5.49. The average molecular weight is 341 g/mol. The van der Waals surface area contributed by atoms with E-state index in [0.717, 1.165) is 55.7 Å². The molecule has 5 nitrogen and oxygen atoms in total. The van der Waals surface area contributed by atoms with Gasteiger partial charge >= 0.3 is 0 Å². The Labute approximate surface area is 149 Å². The lowest BCUT2D eigenvalue weighted by molar-refractivity contribution is -0.116. The Morgan fingerprint density at radius 2 is 1.80 bits per heavy atom. The highest BCUT2D eigenvalue weighted by molar-refractivity contribution is 5.98. The monoisotopic (exact) mass is 341 g/mol. The van der Waals surface area contributed by atoms with Gasteiger partial charge in [-0.1, -0.05) is 0 Å². The normalized spacial score (nSPS) is 26.3. The maximum absolute atomic E-state index is 13.2. The van der Waals surface area contributed by atoms with Gasteiger partial charge in [0.25, 0.3) is 5.91 Å². The fourth-order valence-electron chi connectivity index (χ4n) is 4.89. The van der Waals surface area contributed by atoms with Gasteiger partial charge in [0.1, 0.15) is 0 Å². The molecule has 1 aromatic rings. The predicted molar refractivity (Wildman–Crippen MR) is 97.9 cm³/mol. The van der Waals surface area contributed by atoms with Crippen LogP contribution in [0.1, 0.15) is 48.5 Å². The predicted octanol–water partition coefficient (Wildman–Crippen LogP) is 2.29. The first-order valence-electron chi connectivity index (χ1n) is 9.48. The number of likely N-dealkylation sites (N-methyl/N-ethyl adjacent to an activating group) is 1. The fourth-order valence-corrected chi connectivity index (χ4v) is 4.89. The zero-order valence-electron chi connectivity index (χ0n) is 15.2. The van der Waals surface area contributed by atoms with Crippen LogP contribution < -0.4 is 4.90 Å². The highest BCUT2D eigenvalue weighted by Crippen LogP contribution is 2.32. The number of fused-ring (bicyclic) bond motifs is 1. The Morgan fingerprint density at radius 3 is 2.52 bits per heavy atom. The number of likely N-dealkylation sites (tertiary alicyclic amines) is 2. The highest BCUT2D eigenvalue weighted by Gasteiger charge is 2.38. The van der Waals surface area contributed by atoms with Crippen molar-refractivity contribution in [1.82, 2.24) is 9.80 Å². The van der Waals surface area contributed by atoms with Crippen molar-refractivity contribution < 1.29 is 9.59 Å². The Kier molecular flexibility index (Phi) is 4.28. The molecular formula is C20H27N3O2. The van der Waals surface area contributed by atoms with Crippen molar-refractivity contribution in [2.45, 2.75) is 51.1 Å². The summed E-state index contributed by atoms with van der Waals surface area (Å²) in [5.41, 5.74) is 2.86. The summed E-state index contributed by atoms with van der Waals surface area (Å²) >= 11 is 0. The molecule has 2 unspecified atom stereocenters. The molecule has 2 amide bonds. The summed E-state index contributed by atoms with van der Waals surface area (Å²) in [5, 5.41) is 0. The maximum atomic E-state index is 13.2. The van der Waals surface area contributed by atoms with Crippen LogP contribution in [0.15, 0.2) is 18.2 Å². The van der Waals surface area contributed by atoms with Crippen molar-refractivity contribution in [3.63, 3.8) is 0 Å². The van der Waals surface area contributed by atoms with Gasteiger partial charge in [0.2, 0.25) is 5.91 Å². The second-order valence-corrected chi connectivity index (χ2v) is 7.66. The summed E-state index contributed by atoms with van der Waals surface area (Å²) in [6.45, 7) is 4.33. The van der Waals surface area contributed by atoms with Gasteiger partial charge in [0, 0.05) is 43.3 Å². The number of rotatable bonds is 2. The van der Waals surface area contributed by atoms with Gasteiger partial charge < -0.3 is 14.7 Å². The second-order valence-electron chi connectivity index (χ2n) is 7.66. The zero-order chi connectivity index (χ0) is 17.6. The molecule has 3 aliphatic rings. The third-order valence-corrected chi connectivity index (χ3v) is 6.18. The van der Waals surface area contributed by atoms with Crippen LogP contribution in [-0.2, 0) is 11.2 Å². The first-order chi connectivity index (χ1) is 12.1. The smallest absolute Gasteiger partial charge is 0.254 e. The number of nitrogens with zero attached hydrogens (tertiary/aromatic N) is 3. The Morgan fingerprint density at radius 1 is 1.04 bits per heavy atom. The minimum Gasteiger partial charge on any atom is -0.334 e. The minimum atomic E-state index is 0.0710. The number of hydrogen-bond donors (Lipinski definition) is 0. The minimum absolute atomic E-state index is 0.0710. The molecule has 134 valence electrons. The van der Waals surface area contributed by atoms with Crippen molar-refractivity contribution in [2.75, 3.05) is 31.6 Å². The molecule has 2 saturated heterocycles. The van der Waals surface area contributed by atoms with Crippen molar-refractivity contribution >= 4 is 17.5 Å². The third kappa shape index (κ3) is 2.84. The van der Waals surface area contributed by atoms with E-state index in [4.69, 9.17) is 0 Å². The topological polar surface area (TPSA) is 43.9 Å². The Balaban J connectivity index is 1.56. The van der Waals surface area contributed by atoms with Gasteiger partial charge in [0.15, 0.2) is 0 Å². The summed E-state index contributed by atoms with van der Waals surface area (Å²) < 4.78 is 0. The lowest BCUT2D eigenvalue weighted by Gasteiger charge is -2.33. The molecule has 0 bridgehead atoms. The van der Waals surface area contributed by atoms with Crippen molar-refractivity contribution in [3.8, 4) is 0 Å². The van der Waals surface area contributed by atoms with E-state index in [0.29, 0.717) is 12.1 Å². The van der Waals surface area contributed by atoms with Crippen molar-refractivity contribution in [1.29, 1.82) is 0 Å². The molecule has 0 saturated carbocycles. The van der Waals surface area contributed by atoms with Gasteiger partial charge in [-0.05, 0) is 69.5 Å². The molecule has 0 aliphatic carbocycles. The average Bonchev–Trinajstić information content (AvgIpc) is 3.31. The number of benzene rings is 1. The molecule has 1 aromatic carbocycles. The zero-order valence-corrected chi connectivity index (χ0v) is 15.2. The van der Waals surface area contributed by atoms with Crippen LogP contribution in [0.4, 0.5) is 5.69 Å². The summed E-state index contributed by atoms with van der Waals surface area (Å²) in [4.78, 5) is 31.2. The number of anilines is 1. The third-order valence-electron chi connectivity index (χ3n) is 6.18. The largest absolute Gasteiger partial charge is 0.334 e. The van der Waals surface area contributed by atoms with Crippen LogP contribution in [0, 0.1) is 0 Å².